The number of nitrogens with zero attached hydrogens (tertiary/aromatic N) is 2. The summed E-state index contributed by atoms with van der Waals surface area (Å²) in [6.45, 7) is 3.70. The Labute approximate surface area is 200 Å². The molecule has 35 heavy (non-hydrogen) atoms. The molecule has 4 aromatic rings. The third kappa shape index (κ3) is 3.61. The van der Waals surface area contributed by atoms with Crippen molar-refractivity contribution in [2.75, 3.05) is 19.1 Å². The fraction of sp³-hybridized carbons (Fsp3) is 0.192. The molecule has 0 saturated carbocycles. The number of ketones is 1. The lowest BCUT2D eigenvalue weighted by Crippen LogP contribution is -2.30. The summed E-state index contributed by atoms with van der Waals surface area (Å²) in [7, 11) is 2.93. The minimum Gasteiger partial charge on any atom is -0.507 e. The number of carbonyl (C=O) groups excluding carboxylic acids is 2. The summed E-state index contributed by atoms with van der Waals surface area (Å²) in [5.41, 5.74) is 2.42. The van der Waals surface area contributed by atoms with Crippen molar-refractivity contribution in [2.45, 2.75) is 19.9 Å². The molecule has 5 rings (SSSR count). The Kier molecular flexibility index (Phi) is 5.32. The van der Waals surface area contributed by atoms with Crippen LogP contribution in [-0.2, 0) is 9.59 Å². The van der Waals surface area contributed by atoms with E-state index in [1.165, 1.54) is 25.2 Å². The molecule has 9 nitrogen and oxygen atoms in total. The van der Waals surface area contributed by atoms with Gasteiger partial charge in [-0.3, -0.25) is 14.5 Å². The summed E-state index contributed by atoms with van der Waals surface area (Å²) in [4.78, 5) is 35.6. The number of nitrogens with one attached hydrogen (secondary N) is 1. The number of furan rings is 1. The second kappa shape index (κ2) is 8.35. The van der Waals surface area contributed by atoms with Crippen molar-refractivity contribution in [1.82, 2.24) is 9.97 Å². The number of aliphatic hydroxyl groups excluding tert-OH is 1. The fourth-order valence-electron chi connectivity index (χ4n) is 4.29. The Balaban J connectivity index is 1.75. The quantitative estimate of drug-likeness (QED) is 0.250. The molecule has 1 amide bonds. The molecule has 2 aromatic heterocycles. The third-order valence-electron chi connectivity index (χ3n) is 5.99. The maximum Gasteiger partial charge on any atom is 0.302 e. The van der Waals surface area contributed by atoms with Gasteiger partial charge >= 0.3 is 5.91 Å². The predicted molar refractivity (Wildman–Crippen MR) is 129 cm³/mol. The third-order valence-corrected chi connectivity index (χ3v) is 5.99. The molecule has 0 aliphatic carbocycles. The monoisotopic (exact) mass is 473 g/mol. The number of imidazole rings is 1. The van der Waals surface area contributed by atoms with Crippen LogP contribution in [-0.4, -0.2) is 41.0 Å². The average Bonchev–Trinajstić information content (AvgIpc) is 3.53. The topological polar surface area (TPSA) is 118 Å². The largest absolute Gasteiger partial charge is 0.507 e. The number of aromatic nitrogens is 2. The van der Waals surface area contributed by atoms with E-state index in [-0.39, 0.29) is 17.1 Å². The number of H-pyrrole nitrogens is 1. The van der Waals surface area contributed by atoms with Crippen molar-refractivity contribution in [2.24, 2.45) is 0 Å². The fourth-order valence-corrected chi connectivity index (χ4v) is 4.29. The number of Topliss-reactive ketones (excluding diaryl/α,β-unsaturated/α-hetero) is 1. The smallest absolute Gasteiger partial charge is 0.302 e. The lowest BCUT2D eigenvalue weighted by atomic mass is 9.98. The molecule has 0 bridgehead atoms. The summed E-state index contributed by atoms with van der Waals surface area (Å²) in [5, 5.41) is 11.4. The molecule has 1 aliphatic heterocycles. The summed E-state index contributed by atoms with van der Waals surface area (Å²) in [6.07, 6.45) is 0. The van der Waals surface area contributed by atoms with Crippen LogP contribution in [0.25, 0.3) is 16.8 Å². The first-order valence-corrected chi connectivity index (χ1v) is 10.9. The van der Waals surface area contributed by atoms with E-state index in [1.54, 1.807) is 31.2 Å². The van der Waals surface area contributed by atoms with Gasteiger partial charge in [-0.1, -0.05) is 6.07 Å². The first-order valence-electron chi connectivity index (χ1n) is 10.9. The molecule has 1 saturated heterocycles. The van der Waals surface area contributed by atoms with Crippen LogP contribution in [0.5, 0.6) is 11.5 Å². The van der Waals surface area contributed by atoms with Crippen molar-refractivity contribution in [3.8, 4) is 11.5 Å². The SMILES string of the molecule is COc1ccc(OC)c(/C(O)=C2\C(=O)C(=O)N(c3nc4ccc(C)cc4[nH]3)C2c2ccc(C)o2)c1. The zero-order chi connectivity index (χ0) is 24.9. The number of fused-ring (bicyclic) bond motifs is 1. The van der Waals surface area contributed by atoms with E-state index in [2.05, 4.69) is 9.97 Å². The molecule has 9 heteroatoms. The van der Waals surface area contributed by atoms with E-state index in [9.17, 15) is 14.7 Å². The number of anilines is 1. The number of aromatic amines is 1. The molecular formula is C26H23N3O6. The van der Waals surface area contributed by atoms with Gasteiger partial charge in [0, 0.05) is 0 Å². The maximum absolute atomic E-state index is 13.4. The second-order valence-electron chi connectivity index (χ2n) is 8.26. The molecule has 1 aliphatic rings. The minimum absolute atomic E-state index is 0.146. The number of aryl methyl sites for hydroxylation is 2. The molecule has 2 aromatic carbocycles. The van der Waals surface area contributed by atoms with Crippen molar-refractivity contribution in [3.05, 3.63) is 76.8 Å². The molecule has 0 radical (unpaired) electrons. The lowest BCUT2D eigenvalue weighted by Gasteiger charge is -2.21. The van der Waals surface area contributed by atoms with Gasteiger partial charge in [-0.15, -0.1) is 0 Å². The van der Waals surface area contributed by atoms with Crippen LogP contribution in [0.4, 0.5) is 5.95 Å². The summed E-state index contributed by atoms with van der Waals surface area (Å²) >= 11 is 0. The Morgan fingerprint density at radius 3 is 2.54 bits per heavy atom. The van der Waals surface area contributed by atoms with E-state index in [0.717, 1.165) is 5.56 Å². The molecule has 3 heterocycles. The van der Waals surface area contributed by atoms with Gasteiger partial charge in [-0.25, -0.2) is 4.98 Å². The normalized spacial score (nSPS) is 17.4. The molecule has 1 unspecified atom stereocenters. The second-order valence-corrected chi connectivity index (χ2v) is 8.26. The number of benzene rings is 2. The van der Waals surface area contributed by atoms with Crippen LogP contribution in [0.3, 0.4) is 0 Å². The Hall–Kier alpha value is -4.53. The molecular weight excluding hydrogens is 450 g/mol. The summed E-state index contributed by atoms with van der Waals surface area (Å²) in [6, 6.07) is 12.8. The van der Waals surface area contributed by atoms with E-state index >= 15 is 0 Å². The Morgan fingerprint density at radius 1 is 1.06 bits per heavy atom. The zero-order valence-electron chi connectivity index (χ0n) is 19.6. The van der Waals surface area contributed by atoms with Crippen LogP contribution in [0, 0.1) is 13.8 Å². The zero-order valence-corrected chi connectivity index (χ0v) is 19.6. The van der Waals surface area contributed by atoms with Crippen LogP contribution in [0.2, 0.25) is 0 Å². The number of ether oxygens (including phenoxy) is 2. The number of amides is 1. The van der Waals surface area contributed by atoms with E-state index in [1.807, 2.05) is 25.1 Å². The minimum atomic E-state index is -1.05. The van der Waals surface area contributed by atoms with Crippen LogP contribution < -0.4 is 14.4 Å². The van der Waals surface area contributed by atoms with Crippen LogP contribution in [0.15, 0.2) is 58.5 Å². The summed E-state index contributed by atoms with van der Waals surface area (Å²) in [5.74, 6) is -0.309. The molecule has 1 atom stereocenters. The van der Waals surface area contributed by atoms with Crippen LogP contribution >= 0.6 is 0 Å². The number of hydrogen-bond donors (Lipinski definition) is 2. The van der Waals surface area contributed by atoms with Crippen molar-refractivity contribution >= 4 is 34.4 Å². The highest BCUT2D eigenvalue weighted by Gasteiger charge is 2.50. The van der Waals surface area contributed by atoms with Gasteiger partial charge in [0.1, 0.15) is 34.8 Å². The first-order chi connectivity index (χ1) is 16.8. The maximum atomic E-state index is 13.4. The number of methoxy groups -OCH3 is 2. The van der Waals surface area contributed by atoms with Crippen LogP contribution in [0.1, 0.15) is 28.7 Å². The van der Waals surface area contributed by atoms with Gasteiger partial charge in [0.15, 0.2) is 0 Å². The molecule has 178 valence electrons. The Morgan fingerprint density at radius 2 is 1.86 bits per heavy atom. The highest BCUT2D eigenvalue weighted by Crippen LogP contribution is 2.43. The number of rotatable bonds is 5. The number of aliphatic hydroxyl groups is 1. The molecule has 2 N–H and O–H groups in total. The standard InChI is InChI=1S/C26H23N3O6/c1-13-5-8-17-18(11-13)28-26(27-17)29-22(20-9-6-14(2)35-20)21(24(31)25(29)32)23(30)16-12-15(33-3)7-10-19(16)34-4/h5-12,22,30H,1-4H3,(H,27,28)/b23-21+. The first kappa shape index (κ1) is 22.3. The van der Waals surface area contributed by atoms with E-state index < -0.39 is 23.5 Å². The molecule has 1 fully saturated rings. The van der Waals surface area contributed by atoms with Gasteiger partial charge in [0.2, 0.25) is 5.95 Å². The highest BCUT2D eigenvalue weighted by molar-refractivity contribution is 6.51. The number of carbonyl (C=O) groups is 2. The van der Waals surface area contributed by atoms with Crippen molar-refractivity contribution in [1.29, 1.82) is 0 Å². The van der Waals surface area contributed by atoms with Gasteiger partial charge < -0.3 is 24.0 Å². The average molecular weight is 473 g/mol. The van der Waals surface area contributed by atoms with E-state index in [4.69, 9.17) is 13.9 Å². The lowest BCUT2D eigenvalue weighted by molar-refractivity contribution is -0.132. The number of hydrogen-bond acceptors (Lipinski definition) is 7. The Bertz CT molecular complexity index is 1510. The molecule has 0 spiro atoms. The van der Waals surface area contributed by atoms with Gasteiger partial charge in [0.25, 0.3) is 5.78 Å². The summed E-state index contributed by atoms with van der Waals surface area (Å²) < 4.78 is 16.5. The van der Waals surface area contributed by atoms with Gasteiger partial charge in [-0.05, 0) is 61.9 Å². The predicted octanol–water partition coefficient (Wildman–Crippen LogP) is 4.42. The van der Waals surface area contributed by atoms with Gasteiger partial charge in [-0.2, -0.15) is 0 Å². The van der Waals surface area contributed by atoms with Crippen molar-refractivity contribution < 1.29 is 28.6 Å². The van der Waals surface area contributed by atoms with Crippen molar-refractivity contribution in [3.63, 3.8) is 0 Å². The van der Waals surface area contributed by atoms with Gasteiger partial charge in [0.05, 0.1) is 36.4 Å². The highest BCUT2D eigenvalue weighted by atomic mass is 16.5. The van der Waals surface area contributed by atoms with E-state index in [0.29, 0.717) is 34.1 Å².